The van der Waals surface area contributed by atoms with Crippen LogP contribution in [0.15, 0.2) is 30.3 Å². The monoisotopic (exact) mass is 285 g/mol. The first-order valence-electron chi connectivity index (χ1n) is 9.05. The molecule has 1 N–H and O–H groups in total. The van der Waals surface area contributed by atoms with Crippen LogP contribution in [0.2, 0.25) is 0 Å². The van der Waals surface area contributed by atoms with Gasteiger partial charge in [-0.25, -0.2) is 0 Å². The van der Waals surface area contributed by atoms with E-state index in [1.165, 1.54) is 44.9 Å². The van der Waals surface area contributed by atoms with E-state index in [4.69, 9.17) is 0 Å². The zero-order valence-corrected chi connectivity index (χ0v) is 13.8. The minimum absolute atomic E-state index is 0.419. The third kappa shape index (κ3) is 2.90. The smallest absolute Gasteiger partial charge is 0.0192 e. The van der Waals surface area contributed by atoms with E-state index in [0.29, 0.717) is 11.5 Å². The van der Waals surface area contributed by atoms with Crippen molar-refractivity contribution in [3.63, 3.8) is 0 Å². The molecular weight excluding hydrogens is 254 g/mol. The first-order valence-corrected chi connectivity index (χ1v) is 9.05. The zero-order chi connectivity index (χ0) is 14.7. The summed E-state index contributed by atoms with van der Waals surface area (Å²) >= 11 is 0. The lowest BCUT2D eigenvalue weighted by atomic mass is 9.56. The molecule has 2 aliphatic carbocycles. The summed E-state index contributed by atoms with van der Waals surface area (Å²) in [5.41, 5.74) is 2.00. The Morgan fingerprint density at radius 2 is 1.76 bits per heavy atom. The molecule has 0 radical (unpaired) electrons. The average Bonchev–Trinajstić information content (AvgIpc) is 2.47. The summed E-state index contributed by atoms with van der Waals surface area (Å²) in [4.78, 5) is 0. The van der Waals surface area contributed by atoms with E-state index >= 15 is 0 Å². The lowest BCUT2D eigenvalue weighted by molar-refractivity contribution is 0.0980. The van der Waals surface area contributed by atoms with E-state index in [1.54, 1.807) is 5.56 Å². The topological polar surface area (TPSA) is 12.0 Å². The number of rotatable bonds is 5. The Hall–Kier alpha value is -0.820. The predicted octanol–water partition coefficient (Wildman–Crippen LogP) is 4.91. The molecule has 0 spiro atoms. The van der Waals surface area contributed by atoms with Crippen LogP contribution in [0, 0.1) is 11.8 Å². The fourth-order valence-electron chi connectivity index (χ4n) is 4.76. The quantitative estimate of drug-likeness (QED) is 0.810. The highest BCUT2D eigenvalue weighted by molar-refractivity contribution is 5.31. The lowest BCUT2D eigenvalue weighted by Crippen LogP contribution is -2.56. The predicted molar refractivity (Wildman–Crippen MR) is 90.6 cm³/mol. The van der Waals surface area contributed by atoms with E-state index in [9.17, 15) is 0 Å². The molecule has 0 saturated heterocycles. The Morgan fingerprint density at radius 1 is 1.10 bits per heavy atom. The van der Waals surface area contributed by atoms with Crippen molar-refractivity contribution >= 4 is 0 Å². The molecule has 116 valence electrons. The maximum atomic E-state index is 3.91. The molecule has 2 fully saturated rings. The summed E-state index contributed by atoms with van der Waals surface area (Å²) in [7, 11) is 0. The third-order valence-corrected chi connectivity index (χ3v) is 6.15. The van der Waals surface area contributed by atoms with Crippen LogP contribution in [-0.4, -0.2) is 12.6 Å². The summed E-state index contributed by atoms with van der Waals surface area (Å²) in [6.07, 6.45) is 9.86. The molecule has 1 aromatic carbocycles. The number of likely N-dealkylation sites (N-methyl/N-ethyl adjacent to an activating group) is 1. The van der Waals surface area contributed by atoms with Gasteiger partial charge >= 0.3 is 0 Å². The van der Waals surface area contributed by atoms with Gasteiger partial charge < -0.3 is 5.32 Å². The normalized spacial score (nSPS) is 29.6. The van der Waals surface area contributed by atoms with Crippen molar-refractivity contribution in [1.82, 2.24) is 5.32 Å². The van der Waals surface area contributed by atoms with Gasteiger partial charge in [0.05, 0.1) is 0 Å². The van der Waals surface area contributed by atoms with E-state index in [2.05, 4.69) is 49.5 Å². The molecule has 0 amide bonds. The second-order valence-electron chi connectivity index (χ2n) is 7.43. The van der Waals surface area contributed by atoms with Gasteiger partial charge in [0.15, 0.2) is 0 Å². The first-order chi connectivity index (χ1) is 10.3. The molecule has 21 heavy (non-hydrogen) atoms. The second-order valence-corrected chi connectivity index (χ2v) is 7.43. The Bertz CT molecular complexity index is 426. The van der Waals surface area contributed by atoms with Gasteiger partial charge in [0.1, 0.15) is 0 Å². The number of hydrogen-bond donors (Lipinski definition) is 1. The summed E-state index contributed by atoms with van der Waals surface area (Å²) in [6.45, 7) is 5.80. The molecule has 0 aliphatic heterocycles. The molecule has 0 aromatic heterocycles. The first kappa shape index (κ1) is 15.1. The van der Waals surface area contributed by atoms with Crippen LogP contribution in [0.1, 0.15) is 64.4 Å². The molecule has 0 heterocycles. The van der Waals surface area contributed by atoms with Crippen LogP contribution < -0.4 is 5.32 Å². The minimum atomic E-state index is 0.419. The van der Waals surface area contributed by atoms with Gasteiger partial charge in [0.25, 0.3) is 0 Å². The van der Waals surface area contributed by atoms with Gasteiger partial charge in [0, 0.05) is 11.5 Å². The molecule has 1 aromatic rings. The number of nitrogens with one attached hydrogen (secondary N) is 1. The number of hydrogen-bond acceptors (Lipinski definition) is 1. The van der Waals surface area contributed by atoms with E-state index in [0.717, 1.165) is 18.4 Å². The van der Waals surface area contributed by atoms with E-state index < -0.39 is 0 Å². The van der Waals surface area contributed by atoms with Gasteiger partial charge in [-0.1, -0.05) is 63.4 Å². The summed E-state index contributed by atoms with van der Waals surface area (Å²) in [6, 6.07) is 12.0. The highest BCUT2D eigenvalue weighted by Crippen LogP contribution is 2.50. The van der Waals surface area contributed by atoms with E-state index in [-0.39, 0.29) is 0 Å². The van der Waals surface area contributed by atoms with Crippen molar-refractivity contribution in [2.24, 2.45) is 11.8 Å². The molecule has 1 atom stereocenters. The number of benzene rings is 1. The van der Waals surface area contributed by atoms with Crippen LogP contribution in [0.25, 0.3) is 0 Å². The van der Waals surface area contributed by atoms with Gasteiger partial charge in [-0.3, -0.25) is 0 Å². The third-order valence-electron chi connectivity index (χ3n) is 6.15. The Labute approximate surface area is 130 Å². The Balaban J connectivity index is 1.84. The van der Waals surface area contributed by atoms with Gasteiger partial charge in [-0.2, -0.15) is 0 Å². The van der Waals surface area contributed by atoms with Crippen LogP contribution >= 0.6 is 0 Å². The summed E-state index contributed by atoms with van der Waals surface area (Å²) in [5, 5.41) is 3.91. The summed E-state index contributed by atoms with van der Waals surface area (Å²) in [5.74, 6) is 1.82. The fraction of sp³-hybridized carbons (Fsp3) is 0.700. The van der Waals surface area contributed by atoms with Crippen LogP contribution in [0.3, 0.4) is 0 Å². The van der Waals surface area contributed by atoms with Crippen LogP contribution in [-0.2, 0) is 5.41 Å². The highest BCUT2D eigenvalue weighted by atomic mass is 14.9. The fourth-order valence-corrected chi connectivity index (χ4v) is 4.76. The molecule has 3 rings (SSSR count). The molecule has 2 saturated carbocycles. The van der Waals surface area contributed by atoms with Crippen molar-refractivity contribution < 1.29 is 0 Å². The maximum Gasteiger partial charge on any atom is 0.0192 e. The maximum absolute atomic E-state index is 3.91. The summed E-state index contributed by atoms with van der Waals surface area (Å²) < 4.78 is 0. The van der Waals surface area contributed by atoms with Crippen LogP contribution in [0.5, 0.6) is 0 Å². The van der Waals surface area contributed by atoms with Crippen molar-refractivity contribution in [1.29, 1.82) is 0 Å². The second kappa shape index (κ2) is 6.52. The van der Waals surface area contributed by atoms with Crippen molar-refractivity contribution in [2.45, 2.75) is 70.3 Å². The average molecular weight is 285 g/mol. The lowest BCUT2D eigenvalue weighted by Gasteiger charge is -2.52. The van der Waals surface area contributed by atoms with Crippen molar-refractivity contribution in [3.8, 4) is 0 Å². The Kier molecular flexibility index (Phi) is 4.69. The van der Waals surface area contributed by atoms with Crippen molar-refractivity contribution in [2.75, 3.05) is 6.54 Å². The molecule has 2 aliphatic rings. The molecule has 1 unspecified atom stereocenters. The van der Waals surface area contributed by atoms with Gasteiger partial charge in [-0.15, -0.1) is 0 Å². The minimum Gasteiger partial charge on any atom is -0.313 e. The largest absolute Gasteiger partial charge is 0.313 e. The van der Waals surface area contributed by atoms with Gasteiger partial charge in [-0.05, 0) is 49.6 Å². The van der Waals surface area contributed by atoms with E-state index in [1.807, 2.05) is 0 Å². The molecule has 1 heteroatoms. The van der Waals surface area contributed by atoms with Gasteiger partial charge in [0.2, 0.25) is 0 Å². The van der Waals surface area contributed by atoms with Crippen molar-refractivity contribution in [3.05, 3.63) is 35.9 Å². The Morgan fingerprint density at radius 3 is 2.29 bits per heavy atom. The standard InChI is InChI=1S/C20H31N/c1-3-21-19(17-12-10-16(2)11-13-17)20(14-7-15-20)18-8-5-4-6-9-18/h4-6,8-9,16-17,19,21H,3,7,10-15H2,1-2H3. The molecular formula is C20H31N. The molecule has 0 bridgehead atoms. The van der Waals surface area contributed by atoms with Crippen LogP contribution in [0.4, 0.5) is 0 Å². The molecule has 1 nitrogen and oxygen atoms in total. The zero-order valence-electron chi connectivity index (χ0n) is 13.8. The SMILES string of the molecule is CCNC(C1CCC(C)CC1)C1(c2ccccc2)CCC1. The highest BCUT2D eigenvalue weighted by Gasteiger charge is 2.48.